The van der Waals surface area contributed by atoms with Crippen molar-refractivity contribution in [3.8, 4) is 0 Å². The van der Waals surface area contributed by atoms with Crippen molar-refractivity contribution < 1.29 is 0 Å². The van der Waals surface area contributed by atoms with Crippen molar-refractivity contribution in [1.29, 1.82) is 0 Å². The van der Waals surface area contributed by atoms with Gasteiger partial charge in [-0.15, -0.1) is 12.4 Å². The van der Waals surface area contributed by atoms with Crippen molar-refractivity contribution in [3.05, 3.63) is 24.3 Å². The molecule has 0 aliphatic rings. The number of hydrogen-bond acceptors (Lipinski definition) is 4. The van der Waals surface area contributed by atoms with Gasteiger partial charge in [0.2, 0.25) is 0 Å². The summed E-state index contributed by atoms with van der Waals surface area (Å²) in [5, 5.41) is 0. The molecule has 4 nitrogen and oxygen atoms in total. The molecule has 10 heavy (non-hydrogen) atoms. The first-order chi connectivity index (χ1) is 4.43. The number of nitrogens with zero attached hydrogens (tertiary/aromatic N) is 2. The molecule has 1 aromatic heterocycles. The van der Waals surface area contributed by atoms with Crippen LogP contribution < -0.4 is 11.3 Å². The van der Waals surface area contributed by atoms with Gasteiger partial charge in [-0.2, -0.15) is 0 Å². The van der Waals surface area contributed by atoms with Crippen LogP contribution in [0.4, 0.5) is 0 Å². The van der Waals surface area contributed by atoms with Gasteiger partial charge in [-0.25, -0.2) is 9.97 Å². The summed E-state index contributed by atoms with van der Waals surface area (Å²) in [7, 11) is 0. The molecule has 0 spiro atoms. The van der Waals surface area contributed by atoms with E-state index in [4.69, 9.17) is 5.84 Å². The molecule has 0 bridgehead atoms. The van der Waals surface area contributed by atoms with Crippen LogP contribution in [0.15, 0.2) is 18.7 Å². The fraction of sp³-hybridized carbons (Fsp3) is 0.200. The molecule has 1 heterocycles. The lowest BCUT2D eigenvalue weighted by Crippen LogP contribution is -2.20. The standard InChI is InChI=1S/C5H8N4.ClH/c6-9-3-5-1-7-4-8-2-5;/h1-2,4,9H,3,6H2;1H. The molecule has 5 heteroatoms. The molecule has 0 aromatic carbocycles. The van der Waals surface area contributed by atoms with Gasteiger partial charge in [-0.05, 0) is 0 Å². The highest BCUT2D eigenvalue weighted by molar-refractivity contribution is 5.85. The van der Waals surface area contributed by atoms with Gasteiger partial charge in [0.15, 0.2) is 0 Å². The minimum absolute atomic E-state index is 0. The Kier molecular flexibility index (Phi) is 4.74. The molecule has 0 saturated carbocycles. The maximum atomic E-state index is 5.05. The molecule has 1 rings (SSSR count). The summed E-state index contributed by atoms with van der Waals surface area (Å²) in [6.07, 6.45) is 4.92. The van der Waals surface area contributed by atoms with E-state index in [1.807, 2.05) is 0 Å². The summed E-state index contributed by atoms with van der Waals surface area (Å²) in [6, 6.07) is 0. The molecule has 3 N–H and O–H groups in total. The van der Waals surface area contributed by atoms with Crippen molar-refractivity contribution >= 4 is 12.4 Å². The molecule has 0 aliphatic carbocycles. The summed E-state index contributed by atoms with van der Waals surface area (Å²) in [5.74, 6) is 5.05. The predicted molar refractivity (Wildman–Crippen MR) is 40.3 cm³/mol. The molecule has 56 valence electrons. The molecular formula is C5H9ClN4. The van der Waals surface area contributed by atoms with E-state index in [9.17, 15) is 0 Å². The van der Waals surface area contributed by atoms with Gasteiger partial charge in [0, 0.05) is 24.5 Å². The second-order valence-electron chi connectivity index (χ2n) is 1.63. The van der Waals surface area contributed by atoms with Gasteiger partial charge >= 0.3 is 0 Å². The minimum Gasteiger partial charge on any atom is -0.271 e. The Morgan fingerprint density at radius 2 is 2.00 bits per heavy atom. The smallest absolute Gasteiger partial charge is 0.115 e. The van der Waals surface area contributed by atoms with Gasteiger partial charge in [0.25, 0.3) is 0 Å². The Labute approximate surface area is 65.2 Å². The van der Waals surface area contributed by atoms with Gasteiger partial charge < -0.3 is 0 Å². The van der Waals surface area contributed by atoms with Crippen molar-refractivity contribution in [2.75, 3.05) is 0 Å². The van der Waals surface area contributed by atoms with Gasteiger partial charge in [0.05, 0.1) is 0 Å². The van der Waals surface area contributed by atoms with Crippen LogP contribution in [0, 0.1) is 0 Å². The number of hydrazine groups is 1. The summed E-state index contributed by atoms with van der Waals surface area (Å²) >= 11 is 0. The van der Waals surface area contributed by atoms with E-state index in [-0.39, 0.29) is 12.4 Å². The highest BCUT2D eigenvalue weighted by Gasteiger charge is 1.86. The number of halogens is 1. The lowest BCUT2D eigenvalue weighted by Gasteiger charge is -1.94. The number of nitrogens with one attached hydrogen (secondary N) is 1. The molecule has 0 radical (unpaired) electrons. The van der Waals surface area contributed by atoms with E-state index >= 15 is 0 Å². The minimum atomic E-state index is 0. The maximum absolute atomic E-state index is 5.05. The molecule has 0 aliphatic heterocycles. The predicted octanol–water partition coefficient (Wildman–Crippen LogP) is -0.138. The molecule has 0 fully saturated rings. The second kappa shape index (κ2) is 5.10. The first-order valence-electron chi connectivity index (χ1n) is 2.61. The summed E-state index contributed by atoms with van der Waals surface area (Å²) < 4.78 is 0. The quantitative estimate of drug-likeness (QED) is 0.467. The molecule has 1 aromatic rings. The first-order valence-corrected chi connectivity index (χ1v) is 2.61. The van der Waals surface area contributed by atoms with Crippen molar-refractivity contribution in [3.63, 3.8) is 0 Å². The maximum Gasteiger partial charge on any atom is 0.115 e. The van der Waals surface area contributed by atoms with Crippen LogP contribution in [0.5, 0.6) is 0 Å². The third-order valence-electron chi connectivity index (χ3n) is 0.920. The van der Waals surface area contributed by atoms with Crippen LogP contribution in [-0.4, -0.2) is 9.97 Å². The topological polar surface area (TPSA) is 63.8 Å². The van der Waals surface area contributed by atoms with Gasteiger partial charge in [-0.3, -0.25) is 11.3 Å². The fourth-order valence-electron chi connectivity index (χ4n) is 0.539. The van der Waals surface area contributed by atoms with E-state index in [0.717, 1.165) is 5.56 Å². The van der Waals surface area contributed by atoms with Crippen molar-refractivity contribution in [2.24, 2.45) is 5.84 Å². The van der Waals surface area contributed by atoms with Crippen molar-refractivity contribution in [2.45, 2.75) is 6.54 Å². The largest absolute Gasteiger partial charge is 0.271 e. The lowest BCUT2D eigenvalue weighted by atomic mass is 10.3. The molecular weight excluding hydrogens is 152 g/mol. The van der Waals surface area contributed by atoms with E-state index in [0.29, 0.717) is 6.54 Å². The van der Waals surface area contributed by atoms with E-state index in [1.165, 1.54) is 6.33 Å². The molecule has 0 saturated heterocycles. The average molecular weight is 161 g/mol. The number of aromatic nitrogens is 2. The normalized spacial score (nSPS) is 8.50. The Morgan fingerprint density at radius 3 is 2.50 bits per heavy atom. The van der Waals surface area contributed by atoms with E-state index in [1.54, 1.807) is 12.4 Å². The molecule has 0 unspecified atom stereocenters. The monoisotopic (exact) mass is 160 g/mol. The van der Waals surface area contributed by atoms with Gasteiger partial charge in [-0.1, -0.05) is 0 Å². The average Bonchev–Trinajstić information content (AvgIpc) is 1.91. The van der Waals surface area contributed by atoms with E-state index in [2.05, 4.69) is 15.4 Å². The Bertz CT molecular complexity index is 167. The Hall–Kier alpha value is -0.710. The summed E-state index contributed by atoms with van der Waals surface area (Å²) in [5.41, 5.74) is 3.49. The van der Waals surface area contributed by atoms with E-state index < -0.39 is 0 Å². The van der Waals surface area contributed by atoms with Crippen LogP contribution >= 0.6 is 12.4 Å². The Balaban J connectivity index is 0.000000810. The second-order valence-corrected chi connectivity index (χ2v) is 1.63. The van der Waals surface area contributed by atoms with Crippen molar-refractivity contribution in [1.82, 2.24) is 15.4 Å². The van der Waals surface area contributed by atoms with Crippen LogP contribution in [0.3, 0.4) is 0 Å². The number of hydrogen-bond donors (Lipinski definition) is 2. The third kappa shape index (κ3) is 2.72. The molecule has 0 amide bonds. The summed E-state index contributed by atoms with van der Waals surface area (Å²) in [6.45, 7) is 0.612. The fourth-order valence-corrected chi connectivity index (χ4v) is 0.539. The van der Waals surface area contributed by atoms with Gasteiger partial charge in [0.1, 0.15) is 6.33 Å². The zero-order valence-corrected chi connectivity index (χ0v) is 6.14. The zero-order chi connectivity index (χ0) is 6.53. The van der Waals surface area contributed by atoms with Crippen LogP contribution in [0.25, 0.3) is 0 Å². The zero-order valence-electron chi connectivity index (χ0n) is 5.32. The molecule has 0 atom stereocenters. The Morgan fingerprint density at radius 1 is 1.40 bits per heavy atom. The van der Waals surface area contributed by atoms with Crippen LogP contribution in [0.1, 0.15) is 5.56 Å². The number of rotatable bonds is 2. The lowest BCUT2D eigenvalue weighted by molar-refractivity contribution is 0.734. The first kappa shape index (κ1) is 9.29. The third-order valence-corrected chi connectivity index (χ3v) is 0.920. The van der Waals surface area contributed by atoms with Crippen LogP contribution in [-0.2, 0) is 6.54 Å². The summed E-state index contributed by atoms with van der Waals surface area (Å²) in [4.78, 5) is 7.59. The highest BCUT2D eigenvalue weighted by atomic mass is 35.5. The highest BCUT2D eigenvalue weighted by Crippen LogP contribution is 1.88. The number of nitrogens with two attached hydrogens (primary N) is 1. The SMILES string of the molecule is Cl.NNCc1cncnc1. The van der Waals surface area contributed by atoms with Crippen LogP contribution in [0.2, 0.25) is 0 Å².